The van der Waals surface area contributed by atoms with Crippen molar-refractivity contribution in [1.82, 2.24) is 19.7 Å². The highest BCUT2D eigenvalue weighted by Gasteiger charge is 2.07. The lowest BCUT2D eigenvalue weighted by Crippen LogP contribution is -2.03. The molecule has 0 unspecified atom stereocenters. The van der Waals surface area contributed by atoms with E-state index in [1.54, 1.807) is 19.5 Å². The predicted octanol–water partition coefficient (Wildman–Crippen LogP) is 3.58. The summed E-state index contributed by atoms with van der Waals surface area (Å²) in [5.41, 5.74) is 8.35. The highest BCUT2D eigenvalue weighted by molar-refractivity contribution is 7.22. The number of rotatable bonds is 6. The van der Waals surface area contributed by atoms with Gasteiger partial charge in [-0.15, -0.1) is 0 Å². The van der Waals surface area contributed by atoms with Crippen LogP contribution >= 0.6 is 11.3 Å². The van der Waals surface area contributed by atoms with Gasteiger partial charge in [-0.2, -0.15) is 5.10 Å². The van der Waals surface area contributed by atoms with Gasteiger partial charge in [0.25, 0.3) is 0 Å². The lowest BCUT2D eigenvalue weighted by molar-refractivity contribution is 0.183. The van der Waals surface area contributed by atoms with E-state index in [2.05, 4.69) is 15.1 Å². The van der Waals surface area contributed by atoms with Gasteiger partial charge in [-0.25, -0.2) is 4.98 Å². The van der Waals surface area contributed by atoms with Gasteiger partial charge in [-0.05, 0) is 18.2 Å². The Morgan fingerprint density at radius 1 is 1.19 bits per heavy atom. The Balaban J connectivity index is 1.55. The second-order valence-electron chi connectivity index (χ2n) is 5.65. The molecule has 3 heterocycles. The Morgan fingerprint density at radius 2 is 2.08 bits per heavy atom. The average molecular weight is 367 g/mol. The van der Waals surface area contributed by atoms with Crippen LogP contribution in [0, 0.1) is 0 Å². The van der Waals surface area contributed by atoms with Gasteiger partial charge in [0.1, 0.15) is 11.5 Å². The lowest BCUT2D eigenvalue weighted by atomic mass is 10.2. The number of hydrogen-bond acceptors (Lipinski definition) is 7. The van der Waals surface area contributed by atoms with Gasteiger partial charge in [0, 0.05) is 37.2 Å². The molecule has 0 aliphatic rings. The van der Waals surface area contributed by atoms with Crippen LogP contribution < -0.4 is 10.5 Å². The summed E-state index contributed by atoms with van der Waals surface area (Å²) in [7, 11) is 1.67. The fraction of sp³-hybridized carbons (Fsp3) is 0.167. The maximum atomic E-state index is 5.98. The molecule has 8 heteroatoms. The summed E-state index contributed by atoms with van der Waals surface area (Å²) in [6.07, 6.45) is 5.45. The van der Waals surface area contributed by atoms with Crippen molar-refractivity contribution in [1.29, 1.82) is 0 Å². The standard InChI is InChI=1S/C18H17N5O2S/c1-24-7-6-23-11-12(10-21-23)16-8-14(4-5-20-16)25-13-2-3-15-17(9-13)26-18(19)22-15/h2-5,8-11H,6-7H2,1H3,(H2,19,22). The molecule has 132 valence electrons. The van der Waals surface area contributed by atoms with Crippen LogP contribution in [0.4, 0.5) is 5.13 Å². The van der Waals surface area contributed by atoms with E-state index in [0.717, 1.165) is 27.2 Å². The summed E-state index contributed by atoms with van der Waals surface area (Å²) in [5, 5.41) is 4.87. The molecule has 4 aromatic rings. The molecule has 0 saturated carbocycles. The molecule has 3 aromatic heterocycles. The fourth-order valence-corrected chi connectivity index (χ4v) is 3.32. The van der Waals surface area contributed by atoms with Gasteiger partial charge in [-0.3, -0.25) is 9.67 Å². The third-order valence-corrected chi connectivity index (χ3v) is 4.64. The minimum absolute atomic E-state index is 0.550. The first kappa shape index (κ1) is 16.5. The van der Waals surface area contributed by atoms with E-state index in [1.165, 1.54) is 11.3 Å². The molecule has 4 rings (SSSR count). The predicted molar refractivity (Wildman–Crippen MR) is 101 cm³/mol. The third-order valence-electron chi connectivity index (χ3n) is 3.80. The highest BCUT2D eigenvalue weighted by atomic mass is 32.1. The number of methoxy groups -OCH3 is 1. The second-order valence-corrected chi connectivity index (χ2v) is 6.71. The van der Waals surface area contributed by atoms with Gasteiger partial charge in [0.15, 0.2) is 5.13 Å². The maximum absolute atomic E-state index is 5.98. The number of anilines is 1. The van der Waals surface area contributed by atoms with E-state index in [4.69, 9.17) is 15.2 Å². The number of hydrogen-bond donors (Lipinski definition) is 1. The number of thiazole rings is 1. The van der Waals surface area contributed by atoms with Crippen molar-refractivity contribution in [3.8, 4) is 22.8 Å². The monoisotopic (exact) mass is 367 g/mol. The number of nitrogens with zero attached hydrogens (tertiary/aromatic N) is 4. The third kappa shape index (κ3) is 3.51. The van der Waals surface area contributed by atoms with E-state index in [9.17, 15) is 0 Å². The summed E-state index contributed by atoms with van der Waals surface area (Å²) in [4.78, 5) is 8.66. The summed E-state index contributed by atoms with van der Waals surface area (Å²) in [6.45, 7) is 1.31. The van der Waals surface area contributed by atoms with Gasteiger partial charge >= 0.3 is 0 Å². The molecule has 0 atom stereocenters. The first-order valence-corrected chi connectivity index (χ1v) is 8.84. The summed E-state index contributed by atoms with van der Waals surface area (Å²) in [5.74, 6) is 1.44. The minimum Gasteiger partial charge on any atom is -0.457 e. The normalized spacial score (nSPS) is 11.1. The van der Waals surface area contributed by atoms with Crippen LogP contribution in [0.25, 0.3) is 21.5 Å². The number of pyridine rings is 1. The largest absolute Gasteiger partial charge is 0.457 e. The molecular formula is C18H17N5O2S. The zero-order valence-electron chi connectivity index (χ0n) is 14.1. The molecule has 0 spiro atoms. The quantitative estimate of drug-likeness (QED) is 0.560. The summed E-state index contributed by atoms with van der Waals surface area (Å²) in [6, 6.07) is 9.43. The zero-order valence-corrected chi connectivity index (χ0v) is 14.9. The van der Waals surface area contributed by atoms with Crippen LogP contribution in [0.1, 0.15) is 0 Å². The molecule has 0 aliphatic carbocycles. The van der Waals surface area contributed by atoms with E-state index in [1.807, 2.05) is 41.2 Å². The number of fused-ring (bicyclic) bond motifs is 1. The van der Waals surface area contributed by atoms with Crippen molar-refractivity contribution in [3.63, 3.8) is 0 Å². The maximum Gasteiger partial charge on any atom is 0.181 e. The number of ether oxygens (including phenoxy) is 2. The molecule has 0 fully saturated rings. The van der Waals surface area contributed by atoms with Crippen molar-refractivity contribution in [3.05, 3.63) is 48.9 Å². The molecule has 1 aromatic carbocycles. The van der Waals surface area contributed by atoms with Crippen LogP contribution in [0.2, 0.25) is 0 Å². The van der Waals surface area contributed by atoms with Gasteiger partial charge in [0.2, 0.25) is 0 Å². The SMILES string of the molecule is COCCn1cc(-c2cc(Oc3ccc4nc(N)sc4c3)ccn2)cn1. The summed E-state index contributed by atoms with van der Waals surface area (Å²) >= 11 is 1.44. The number of aromatic nitrogens is 4. The number of benzene rings is 1. The Labute approximate surface area is 154 Å². The second kappa shape index (κ2) is 7.11. The molecule has 7 nitrogen and oxygen atoms in total. The minimum atomic E-state index is 0.550. The van der Waals surface area contributed by atoms with Crippen LogP contribution in [-0.4, -0.2) is 33.5 Å². The van der Waals surface area contributed by atoms with E-state index < -0.39 is 0 Å². The van der Waals surface area contributed by atoms with Crippen LogP contribution in [0.5, 0.6) is 11.5 Å². The van der Waals surface area contributed by atoms with Crippen molar-refractivity contribution >= 4 is 26.7 Å². The lowest BCUT2D eigenvalue weighted by Gasteiger charge is -2.06. The zero-order chi connectivity index (χ0) is 17.9. The smallest absolute Gasteiger partial charge is 0.181 e. The Hall–Kier alpha value is -2.97. The van der Waals surface area contributed by atoms with Crippen molar-refractivity contribution < 1.29 is 9.47 Å². The number of nitrogen functional groups attached to an aromatic ring is 1. The molecule has 26 heavy (non-hydrogen) atoms. The first-order chi connectivity index (χ1) is 12.7. The van der Waals surface area contributed by atoms with E-state index >= 15 is 0 Å². The molecule has 0 amide bonds. The van der Waals surface area contributed by atoms with Crippen LogP contribution in [0.15, 0.2) is 48.9 Å². The molecule has 2 N–H and O–H groups in total. The molecule has 0 aliphatic heterocycles. The van der Waals surface area contributed by atoms with Crippen molar-refractivity contribution in [2.24, 2.45) is 0 Å². The summed E-state index contributed by atoms with van der Waals surface area (Å²) < 4.78 is 13.9. The first-order valence-electron chi connectivity index (χ1n) is 8.03. The van der Waals surface area contributed by atoms with Crippen molar-refractivity contribution in [2.45, 2.75) is 6.54 Å². The highest BCUT2D eigenvalue weighted by Crippen LogP contribution is 2.31. The molecule has 0 saturated heterocycles. The van der Waals surface area contributed by atoms with Gasteiger partial charge in [0.05, 0.1) is 35.3 Å². The Bertz CT molecular complexity index is 1040. The van der Waals surface area contributed by atoms with E-state index in [0.29, 0.717) is 24.0 Å². The number of nitrogens with two attached hydrogens (primary N) is 1. The molecular weight excluding hydrogens is 350 g/mol. The molecule has 0 radical (unpaired) electrons. The average Bonchev–Trinajstić information content (AvgIpc) is 3.25. The van der Waals surface area contributed by atoms with Crippen LogP contribution in [-0.2, 0) is 11.3 Å². The van der Waals surface area contributed by atoms with Gasteiger partial charge < -0.3 is 15.2 Å². The Kier molecular flexibility index (Phi) is 4.51. The fourth-order valence-electron chi connectivity index (χ4n) is 2.56. The van der Waals surface area contributed by atoms with Gasteiger partial charge in [-0.1, -0.05) is 11.3 Å². The van der Waals surface area contributed by atoms with E-state index in [-0.39, 0.29) is 0 Å². The van der Waals surface area contributed by atoms with Crippen LogP contribution in [0.3, 0.4) is 0 Å². The Morgan fingerprint density at radius 3 is 2.96 bits per heavy atom. The van der Waals surface area contributed by atoms with Crippen molar-refractivity contribution in [2.75, 3.05) is 19.5 Å². The topological polar surface area (TPSA) is 88.1 Å². The molecule has 0 bridgehead atoms.